The molecule has 1 aromatic rings. The number of aliphatic hydroxyl groups is 1. The van der Waals surface area contributed by atoms with Crippen LogP contribution in [0.2, 0.25) is 0 Å². The van der Waals surface area contributed by atoms with E-state index in [9.17, 15) is 5.11 Å². The molecule has 0 fully saturated rings. The third kappa shape index (κ3) is 4.06. The van der Waals surface area contributed by atoms with E-state index in [-0.39, 0.29) is 6.10 Å². The molecule has 0 aliphatic heterocycles. The van der Waals surface area contributed by atoms with Crippen LogP contribution >= 0.6 is 0 Å². The lowest BCUT2D eigenvalue weighted by Crippen LogP contribution is -2.19. The first-order chi connectivity index (χ1) is 7.13. The Labute approximate surface area is 92.1 Å². The SMILES string of the molecule is CCCNC(C)c1ccn(CC(C)O)c1. The first-order valence-electron chi connectivity index (χ1n) is 5.70. The summed E-state index contributed by atoms with van der Waals surface area (Å²) in [7, 11) is 0. The number of hydrogen-bond donors (Lipinski definition) is 2. The molecule has 0 aliphatic rings. The van der Waals surface area contributed by atoms with Gasteiger partial charge in [0.15, 0.2) is 0 Å². The Morgan fingerprint density at radius 2 is 2.20 bits per heavy atom. The van der Waals surface area contributed by atoms with Gasteiger partial charge in [-0.3, -0.25) is 0 Å². The van der Waals surface area contributed by atoms with Gasteiger partial charge in [0.05, 0.1) is 6.10 Å². The Morgan fingerprint density at radius 1 is 1.47 bits per heavy atom. The van der Waals surface area contributed by atoms with Crippen molar-refractivity contribution in [3.8, 4) is 0 Å². The van der Waals surface area contributed by atoms with E-state index < -0.39 is 0 Å². The highest BCUT2D eigenvalue weighted by atomic mass is 16.3. The number of aliphatic hydroxyl groups excluding tert-OH is 1. The van der Waals surface area contributed by atoms with Gasteiger partial charge in [0.1, 0.15) is 0 Å². The predicted octanol–water partition coefficient (Wildman–Crippen LogP) is 1.93. The minimum atomic E-state index is -0.288. The van der Waals surface area contributed by atoms with Crippen molar-refractivity contribution >= 4 is 0 Å². The summed E-state index contributed by atoms with van der Waals surface area (Å²) in [5.41, 5.74) is 1.28. The van der Waals surface area contributed by atoms with Gasteiger partial charge in [0.25, 0.3) is 0 Å². The third-order valence-electron chi connectivity index (χ3n) is 2.45. The molecule has 0 radical (unpaired) electrons. The number of nitrogens with one attached hydrogen (secondary N) is 1. The van der Waals surface area contributed by atoms with E-state index >= 15 is 0 Å². The first-order valence-corrected chi connectivity index (χ1v) is 5.70. The Kier molecular flexibility index (Phi) is 4.85. The van der Waals surface area contributed by atoms with Crippen molar-refractivity contribution in [3.05, 3.63) is 24.0 Å². The van der Waals surface area contributed by atoms with E-state index in [1.165, 1.54) is 5.56 Å². The highest BCUT2D eigenvalue weighted by molar-refractivity contribution is 5.14. The monoisotopic (exact) mass is 210 g/mol. The highest BCUT2D eigenvalue weighted by Gasteiger charge is 2.06. The second-order valence-electron chi connectivity index (χ2n) is 4.17. The summed E-state index contributed by atoms with van der Waals surface area (Å²) in [6, 6.07) is 2.50. The Morgan fingerprint density at radius 3 is 2.80 bits per heavy atom. The molecule has 0 spiro atoms. The Bertz CT molecular complexity index is 281. The van der Waals surface area contributed by atoms with Gasteiger partial charge in [0, 0.05) is 25.0 Å². The normalized spacial score (nSPS) is 15.2. The molecule has 2 atom stereocenters. The standard InChI is InChI=1S/C12H22N2O/c1-4-6-13-11(3)12-5-7-14(9-12)8-10(2)15/h5,7,9-11,13,15H,4,6,8H2,1-3H3. The molecule has 3 heteroatoms. The zero-order chi connectivity index (χ0) is 11.3. The molecule has 1 rings (SSSR count). The number of hydrogen-bond acceptors (Lipinski definition) is 2. The minimum Gasteiger partial charge on any atom is -0.392 e. The van der Waals surface area contributed by atoms with Gasteiger partial charge in [-0.2, -0.15) is 0 Å². The van der Waals surface area contributed by atoms with Crippen molar-refractivity contribution in [3.63, 3.8) is 0 Å². The molecule has 3 nitrogen and oxygen atoms in total. The zero-order valence-corrected chi connectivity index (χ0v) is 9.90. The summed E-state index contributed by atoms with van der Waals surface area (Å²) >= 11 is 0. The highest BCUT2D eigenvalue weighted by Crippen LogP contribution is 2.12. The molecule has 86 valence electrons. The second-order valence-corrected chi connectivity index (χ2v) is 4.17. The van der Waals surface area contributed by atoms with Gasteiger partial charge < -0.3 is 15.0 Å². The largest absolute Gasteiger partial charge is 0.392 e. The fourth-order valence-electron chi connectivity index (χ4n) is 1.61. The summed E-state index contributed by atoms with van der Waals surface area (Å²) in [4.78, 5) is 0. The smallest absolute Gasteiger partial charge is 0.0690 e. The molecular formula is C12H22N2O. The van der Waals surface area contributed by atoms with Crippen LogP contribution in [-0.2, 0) is 6.54 Å². The van der Waals surface area contributed by atoms with Gasteiger partial charge in [-0.25, -0.2) is 0 Å². The first kappa shape index (κ1) is 12.3. The summed E-state index contributed by atoms with van der Waals surface area (Å²) in [5.74, 6) is 0. The van der Waals surface area contributed by atoms with E-state index in [1.54, 1.807) is 6.92 Å². The number of aromatic nitrogens is 1. The van der Waals surface area contributed by atoms with Gasteiger partial charge in [-0.15, -0.1) is 0 Å². The minimum absolute atomic E-state index is 0.288. The zero-order valence-electron chi connectivity index (χ0n) is 9.90. The van der Waals surface area contributed by atoms with Crippen molar-refractivity contribution in [2.45, 2.75) is 45.9 Å². The predicted molar refractivity (Wildman–Crippen MR) is 62.8 cm³/mol. The molecule has 0 amide bonds. The topological polar surface area (TPSA) is 37.2 Å². The van der Waals surface area contributed by atoms with Crippen LogP contribution in [0.25, 0.3) is 0 Å². The fraction of sp³-hybridized carbons (Fsp3) is 0.667. The molecule has 0 saturated heterocycles. The van der Waals surface area contributed by atoms with Crippen LogP contribution in [0, 0.1) is 0 Å². The summed E-state index contributed by atoms with van der Waals surface area (Å²) in [6.45, 7) is 7.84. The van der Waals surface area contributed by atoms with E-state index in [2.05, 4.69) is 31.4 Å². The molecule has 0 aromatic carbocycles. The van der Waals surface area contributed by atoms with E-state index in [0.717, 1.165) is 13.0 Å². The number of rotatable bonds is 6. The van der Waals surface area contributed by atoms with E-state index in [1.807, 2.05) is 10.8 Å². The van der Waals surface area contributed by atoms with Crippen molar-refractivity contribution in [1.82, 2.24) is 9.88 Å². The Balaban J connectivity index is 2.51. The molecular weight excluding hydrogens is 188 g/mol. The molecule has 0 aliphatic carbocycles. The molecule has 0 bridgehead atoms. The molecule has 0 saturated carbocycles. The maximum absolute atomic E-state index is 9.26. The summed E-state index contributed by atoms with van der Waals surface area (Å²) < 4.78 is 2.03. The lowest BCUT2D eigenvalue weighted by molar-refractivity contribution is 0.173. The van der Waals surface area contributed by atoms with Crippen molar-refractivity contribution in [2.24, 2.45) is 0 Å². The lowest BCUT2D eigenvalue weighted by Gasteiger charge is -2.11. The third-order valence-corrected chi connectivity index (χ3v) is 2.45. The lowest BCUT2D eigenvalue weighted by atomic mass is 10.2. The molecule has 1 aromatic heterocycles. The van der Waals surface area contributed by atoms with Crippen LogP contribution in [0.15, 0.2) is 18.5 Å². The van der Waals surface area contributed by atoms with Crippen LogP contribution in [0.1, 0.15) is 38.8 Å². The Hall–Kier alpha value is -0.800. The quantitative estimate of drug-likeness (QED) is 0.753. The van der Waals surface area contributed by atoms with E-state index in [0.29, 0.717) is 12.6 Å². The summed E-state index contributed by atoms with van der Waals surface area (Å²) in [5, 5.41) is 12.7. The van der Waals surface area contributed by atoms with E-state index in [4.69, 9.17) is 0 Å². The van der Waals surface area contributed by atoms with Crippen molar-refractivity contribution in [1.29, 1.82) is 0 Å². The molecule has 2 N–H and O–H groups in total. The average molecular weight is 210 g/mol. The number of nitrogens with zero attached hydrogens (tertiary/aromatic N) is 1. The maximum atomic E-state index is 9.26. The fourth-order valence-corrected chi connectivity index (χ4v) is 1.61. The molecule has 15 heavy (non-hydrogen) atoms. The van der Waals surface area contributed by atoms with Gasteiger partial charge in [-0.05, 0) is 38.4 Å². The van der Waals surface area contributed by atoms with Crippen LogP contribution < -0.4 is 5.32 Å². The van der Waals surface area contributed by atoms with Gasteiger partial charge >= 0.3 is 0 Å². The van der Waals surface area contributed by atoms with Crippen LogP contribution in [-0.4, -0.2) is 22.3 Å². The van der Waals surface area contributed by atoms with Crippen molar-refractivity contribution in [2.75, 3.05) is 6.54 Å². The van der Waals surface area contributed by atoms with Crippen LogP contribution in [0.5, 0.6) is 0 Å². The van der Waals surface area contributed by atoms with Gasteiger partial charge in [0.2, 0.25) is 0 Å². The summed E-state index contributed by atoms with van der Waals surface area (Å²) in [6.07, 6.45) is 4.98. The second kappa shape index (κ2) is 5.93. The van der Waals surface area contributed by atoms with Crippen LogP contribution in [0.3, 0.4) is 0 Å². The molecule has 1 heterocycles. The van der Waals surface area contributed by atoms with Gasteiger partial charge in [-0.1, -0.05) is 6.92 Å². The maximum Gasteiger partial charge on any atom is 0.0690 e. The van der Waals surface area contributed by atoms with Crippen molar-refractivity contribution < 1.29 is 5.11 Å². The average Bonchev–Trinajstić information content (AvgIpc) is 2.61. The molecule has 2 unspecified atom stereocenters. The van der Waals surface area contributed by atoms with Crippen LogP contribution in [0.4, 0.5) is 0 Å².